The van der Waals surface area contributed by atoms with Gasteiger partial charge in [-0.3, -0.25) is 4.79 Å². The van der Waals surface area contributed by atoms with Crippen LogP contribution in [0.2, 0.25) is 0 Å². The first-order valence-electron chi connectivity index (χ1n) is 5.24. The molecular formula is C12H15Br2ClO2. The van der Waals surface area contributed by atoms with Crippen molar-refractivity contribution in [3.63, 3.8) is 0 Å². The molecule has 0 spiro atoms. The van der Waals surface area contributed by atoms with Crippen LogP contribution in [-0.4, -0.2) is 21.3 Å². The summed E-state index contributed by atoms with van der Waals surface area (Å²) in [7, 11) is 0. The van der Waals surface area contributed by atoms with Gasteiger partial charge in [-0.1, -0.05) is 50.1 Å². The average molecular weight is 387 g/mol. The fourth-order valence-electron chi connectivity index (χ4n) is 1.41. The van der Waals surface area contributed by atoms with Crippen molar-refractivity contribution in [3.05, 3.63) is 22.7 Å². The van der Waals surface area contributed by atoms with Gasteiger partial charge in [-0.05, 0) is 31.7 Å². The van der Waals surface area contributed by atoms with Gasteiger partial charge in [0.2, 0.25) is 0 Å². The lowest BCUT2D eigenvalue weighted by Gasteiger charge is -2.31. The van der Waals surface area contributed by atoms with Crippen molar-refractivity contribution in [1.82, 2.24) is 0 Å². The van der Waals surface area contributed by atoms with Gasteiger partial charge >= 0.3 is 5.97 Å². The highest BCUT2D eigenvalue weighted by atomic mass is 79.9. The number of halogens is 3. The standard InChI is InChI=1S/C12H15Br2ClO2/c1-11(2,3)17-10(16)9(15)12(14)6-4-5-8(13)7-12/h4-6,9H,7H2,1-3H3. The van der Waals surface area contributed by atoms with Crippen LogP contribution in [0.4, 0.5) is 0 Å². The van der Waals surface area contributed by atoms with Crippen LogP contribution >= 0.6 is 43.5 Å². The van der Waals surface area contributed by atoms with Crippen LogP contribution in [0.25, 0.3) is 0 Å². The van der Waals surface area contributed by atoms with Gasteiger partial charge < -0.3 is 4.74 Å². The van der Waals surface area contributed by atoms with E-state index in [0.29, 0.717) is 6.42 Å². The van der Waals surface area contributed by atoms with E-state index in [4.69, 9.17) is 16.3 Å². The lowest BCUT2D eigenvalue weighted by Crippen LogP contribution is -2.41. The van der Waals surface area contributed by atoms with Gasteiger partial charge in [-0.15, -0.1) is 11.6 Å². The Morgan fingerprint density at radius 2 is 2.18 bits per heavy atom. The summed E-state index contributed by atoms with van der Waals surface area (Å²) in [5.74, 6) is -0.414. The third-order valence-electron chi connectivity index (χ3n) is 2.13. The Balaban J connectivity index is 2.77. The van der Waals surface area contributed by atoms with Crippen LogP contribution in [0, 0.1) is 0 Å². The number of carbonyl (C=O) groups excluding carboxylic acids is 1. The van der Waals surface area contributed by atoms with E-state index in [0.717, 1.165) is 4.48 Å². The summed E-state index contributed by atoms with van der Waals surface area (Å²) >= 11 is 13.1. The highest BCUT2D eigenvalue weighted by molar-refractivity contribution is 9.12. The van der Waals surface area contributed by atoms with E-state index in [1.54, 1.807) is 0 Å². The maximum absolute atomic E-state index is 11.9. The summed E-state index contributed by atoms with van der Waals surface area (Å²) in [6.07, 6.45) is 6.29. The van der Waals surface area contributed by atoms with E-state index in [2.05, 4.69) is 31.9 Å². The Hall–Kier alpha value is 0.200. The molecule has 0 saturated carbocycles. The Morgan fingerprint density at radius 3 is 2.65 bits per heavy atom. The first-order valence-corrected chi connectivity index (χ1v) is 7.26. The molecule has 0 amide bonds. The molecule has 0 aromatic rings. The van der Waals surface area contributed by atoms with Crippen LogP contribution in [0.3, 0.4) is 0 Å². The zero-order valence-corrected chi connectivity index (χ0v) is 13.9. The zero-order valence-electron chi connectivity index (χ0n) is 9.97. The maximum Gasteiger partial charge on any atom is 0.326 e. The summed E-state index contributed by atoms with van der Waals surface area (Å²) in [5.41, 5.74) is -0.529. The summed E-state index contributed by atoms with van der Waals surface area (Å²) in [5, 5.41) is -0.765. The van der Waals surface area contributed by atoms with Crippen molar-refractivity contribution in [3.8, 4) is 0 Å². The molecule has 2 nitrogen and oxygen atoms in total. The van der Waals surface area contributed by atoms with Crippen molar-refractivity contribution in [2.24, 2.45) is 0 Å². The topological polar surface area (TPSA) is 26.3 Å². The number of allylic oxidation sites excluding steroid dienone is 4. The molecule has 0 aliphatic heterocycles. The normalized spacial score (nSPS) is 26.4. The molecule has 5 heteroatoms. The number of esters is 1. The van der Waals surface area contributed by atoms with Gasteiger partial charge in [0, 0.05) is 0 Å². The lowest BCUT2D eigenvalue weighted by molar-refractivity contribution is -0.154. The van der Waals surface area contributed by atoms with Gasteiger partial charge in [0.05, 0.1) is 4.32 Å². The summed E-state index contributed by atoms with van der Waals surface area (Å²) in [6, 6.07) is 0. The Kier molecular flexibility index (Phi) is 4.89. The van der Waals surface area contributed by atoms with E-state index in [1.807, 2.05) is 39.0 Å². The van der Waals surface area contributed by atoms with E-state index < -0.39 is 21.3 Å². The number of carbonyl (C=O) groups is 1. The third-order valence-corrected chi connectivity index (χ3v) is 4.50. The molecule has 2 atom stereocenters. The van der Waals surface area contributed by atoms with E-state index in [1.165, 1.54) is 0 Å². The molecule has 0 heterocycles. The third kappa shape index (κ3) is 4.42. The molecule has 0 aromatic carbocycles. The number of alkyl halides is 2. The molecule has 0 bridgehead atoms. The predicted octanol–water partition coefficient (Wildman–Crippen LogP) is 4.31. The number of ether oxygens (including phenoxy) is 1. The van der Waals surface area contributed by atoms with Crippen LogP contribution in [0.5, 0.6) is 0 Å². The van der Waals surface area contributed by atoms with Gasteiger partial charge in [-0.2, -0.15) is 0 Å². The van der Waals surface area contributed by atoms with Crippen LogP contribution in [0.15, 0.2) is 22.7 Å². The van der Waals surface area contributed by atoms with E-state index >= 15 is 0 Å². The summed E-state index contributed by atoms with van der Waals surface area (Å²) < 4.78 is 5.68. The van der Waals surface area contributed by atoms with E-state index in [9.17, 15) is 4.79 Å². The minimum absolute atomic E-state index is 0.414. The second kappa shape index (κ2) is 5.45. The largest absolute Gasteiger partial charge is 0.459 e. The molecule has 1 aliphatic rings. The second-order valence-electron chi connectivity index (χ2n) is 4.97. The number of rotatable bonds is 2. The van der Waals surface area contributed by atoms with Crippen molar-refractivity contribution in [1.29, 1.82) is 0 Å². The SMILES string of the molecule is CC(C)(C)OC(=O)C(Cl)C1(Br)C=CC=C(Br)C1. The fraction of sp³-hybridized carbons (Fsp3) is 0.583. The minimum Gasteiger partial charge on any atom is -0.459 e. The highest BCUT2D eigenvalue weighted by Gasteiger charge is 2.41. The lowest BCUT2D eigenvalue weighted by atomic mass is 9.96. The monoisotopic (exact) mass is 384 g/mol. The Labute approximate surface area is 124 Å². The molecule has 2 unspecified atom stereocenters. The van der Waals surface area contributed by atoms with Crippen LogP contribution in [-0.2, 0) is 9.53 Å². The van der Waals surface area contributed by atoms with Gasteiger partial charge in [0.15, 0.2) is 0 Å². The van der Waals surface area contributed by atoms with Crippen LogP contribution in [0.1, 0.15) is 27.2 Å². The molecule has 1 aliphatic carbocycles. The second-order valence-corrected chi connectivity index (χ2v) is 7.90. The maximum atomic E-state index is 11.9. The first-order chi connectivity index (χ1) is 7.64. The van der Waals surface area contributed by atoms with Gasteiger partial charge in [0.25, 0.3) is 0 Å². The highest BCUT2D eigenvalue weighted by Crippen LogP contribution is 2.40. The smallest absolute Gasteiger partial charge is 0.326 e. The molecule has 96 valence electrons. The predicted molar refractivity (Wildman–Crippen MR) is 77.9 cm³/mol. The van der Waals surface area contributed by atoms with Crippen molar-refractivity contribution < 1.29 is 9.53 Å². The van der Waals surface area contributed by atoms with Gasteiger partial charge in [-0.25, -0.2) is 0 Å². The number of hydrogen-bond donors (Lipinski definition) is 0. The molecule has 0 fully saturated rings. The van der Waals surface area contributed by atoms with Crippen molar-refractivity contribution >= 4 is 49.4 Å². The molecular weight excluding hydrogens is 371 g/mol. The van der Waals surface area contributed by atoms with E-state index in [-0.39, 0.29) is 0 Å². The summed E-state index contributed by atoms with van der Waals surface area (Å²) in [6.45, 7) is 5.46. The molecule has 0 radical (unpaired) electrons. The Bertz CT molecular complexity index is 371. The number of hydrogen-bond acceptors (Lipinski definition) is 2. The van der Waals surface area contributed by atoms with Gasteiger partial charge in [0.1, 0.15) is 11.0 Å². The molecule has 1 rings (SSSR count). The minimum atomic E-state index is -0.765. The molecule has 0 N–H and O–H groups in total. The van der Waals surface area contributed by atoms with Crippen LogP contribution < -0.4 is 0 Å². The summed E-state index contributed by atoms with van der Waals surface area (Å²) in [4.78, 5) is 11.9. The average Bonchev–Trinajstić information content (AvgIpc) is 2.13. The molecule has 17 heavy (non-hydrogen) atoms. The molecule has 0 saturated heterocycles. The quantitative estimate of drug-likeness (QED) is 0.522. The first kappa shape index (κ1) is 15.3. The fourth-order valence-corrected chi connectivity index (χ4v) is 3.24. The van der Waals surface area contributed by atoms with Crippen molar-refractivity contribution in [2.75, 3.05) is 0 Å². The zero-order chi connectivity index (χ0) is 13.3. The molecule has 0 aromatic heterocycles. The van der Waals surface area contributed by atoms with Crippen molar-refractivity contribution in [2.45, 2.75) is 42.5 Å². The Morgan fingerprint density at radius 1 is 1.59 bits per heavy atom.